The van der Waals surface area contributed by atoms with Crippen molar-refractivity contribution in [1.29, 1.82) is 0 Å². The molecule has 5 heteroatoms. The molecular formula is C21H31NO4. The van der Waals surface area contributed by atoms with Crippen molar-refractivity contribution in [2.75, 3.05) is 13.1 Å². The molecule has 144 valence electrons. The largest absolute Gasteiger partial charge is 0.481 e. The summed E-state index contributed by atoms with van der Waals surface area (Å²) in [6.45, 7) is 6.40. The van der Waals surface area contributed by atoms with Crippen LogP contribution in [0.4, 0.5) is 4.79 Å². The van der Waals surface area contributed by atoms with Crippen LogP contribution in [0.25, 0.3) is 0 Å². The minimum Gasteiger partial charge on any atom is -0.481 e. The lowest BCUT2D eigenvalue weighted by Gasteiger charge is -2.39. The number of unbranched alkanes of at least 4 members (excludes halogenated alkanes) is 1. The monoisotopic (exact) mass is 361 g/mol. The van der Waals surface area contributed by atoms with Crippen LogP contribution in [0.15, 0.2) is 30.3 Å². The van der Waals surface area contributed by atoms with E-state index in [0.29, 0.717) is 32.4 Å². The zero-order chi connectivity index (χ0) is 19.2. The molecule has 1 aliphatic heterocycles. The van der Waals surface area contributed by atoms with Gasteiger partial charge in [0.1, 0.15) is 5.60 Å². The fraction of sp³-hybridized carbons (Fsp3) is 0.619. The number of likely N-dealkylation sites (tertiary alicyclic amines) is 1. The van der Waals surface area contributed by atoms with E-state index in [0.717, 1.165) is 19.3 Å². The van der Waals surface area contributed by atoms with Crippen molar-refractivity contribution < 1.29 is 19.4 Å². The SMILES string of the molecule is CC(C)(C)OC(=O)N1CCC(CCCCc2ccccc2)(C(=O)O)CC1. The number of hydrogen-bond donors (Lipinski definition) is 1. The van der Waals surface area contributed by atoms with Crippen molar-refractivity contribution in [3.05, 3.63) is 35.9 Å². The number of amides is 1. The molecule has 26 heavy (non-hydrogen) atoms. The van der Waals surface area contributed by atoms with Crippen LogP contribution in [0.3, 0.4) is 0 Å². The Bertz CT molecular complexity index is 598. The summed E-state index contributed by atoms with van der Waals surface area (Å²) < 4.78 is 5.39. The molecule has 0 radical (unpaired) electrons. The summed E-state index contributed by atoms with van der Waals surface area (Å²) in [5, 5.41) is 9.78. The Hall–Kier alpha value is -2.04. The number of carbonyl (C=O) groups excluding carboxylic acids is 1. The van der Waals surface area contributed by atoms with E-state index in [4.69, 9.17) is 4.74 Å². The highest BCUT2D eigenvalue weighted by Gasteiger charge is 2.42. The number of rotatable bonds is 6. The molecule has 1 aromatic carbocycles. The van der Waals surface area contributed by atoms with Gasteiger partial charge in [-0.2, -0.15) is 0 Å². The highest BCUT2D eigenvalue weighted by atomic mass is 16.6. The van der Waals surface area contributed by atoms with Crippen molar-refractivity contribution in [2.24, 2.45) is 5.41 Å². The number of aliphatic carboxylic acids is 1. The van der Waals surface area contributed by atoms with Gasteiger partial charge in [0, 0.05) is 13.1 Å². The van der Waals surface area contributed by atoms with Crippen molar-refractivity contribution in [1.82, 2.24) is 4.90 Å². The lowest BCUT2D eigenvalue weighted by molar-refractivity contribution is -0.152. The fourth-order valence-electron chi connectivity index (χ4n) is 3.45. The third kappa shape index (κ3) is 5.75. The van der Waals surface area contributed by atoms with Crippen molar-refractivity contribution in [3.63, 3.8) is 0 Å². The second kappa shape index (κ2) is 8.56. The summed E-state index contributed by atoms with van der Waals surface area (Å²) in [5.41, 5.74) is 0.0436. The first-order chi connectivity index (χ1) is 12.2. The Kier molecular flexibility index (Phi) is 6.68. The summed E-state index contributed by atoms with van der Waals surface area (Å²) in [6.07, 6.45) is 4.14. The number of ether oxygens (including phenoxy) is 1. The van der Waals surface area contributed by atoms with E-state index in [9.17, 15) is 14.7 Å². The highest BCUT2D eigenvalue weighted by Crippen LogP contribution is 2.37. The smallest absolute Gasteiger partial charge is 0.410 e. The highest BCUT2D eigenvalue weighted by molar-refractivity contribution is 5.75. The normalized spacial score (nSPS) is 17.0. The molecule has 1 aromatic rings. The van der Waals surface area contributed by atoms with Gasteiger partial charge in [0.05, 0.1) is 5.41 Å². The van der Waals surface area contributed by atoms with Gasteiger partial charge in [0.2, 0.25) is 0 Å². The standard InChI is InChI=1S/C21H31NO4/c1-20(2,3)26-19(25)22-15-13-21(14-16-22,18(23)24)12-8-7-11-17-9-5-4-6-10-17/h4-6,9-10H,7-8,11-16H2,1-3H3,(H,23,24). The minimum absolute atomic E-state index is 0.347. The maximum absolute atomic E-state index is 12.2. The number of carbonyl (C=O) groups is 2. The Morgan fingerprint density at radius 2 is 1.73 bits per heavy atom. The molecule has 1 amide bonds. The Morgan fingerprint density at radius 1 is 1.12 bits per heavy atom. The summed E-state index contributed by atoms with van der Waals surface area (Å²) in [4.78, 5) is 25.7. The Morgan fingerprint density at radius 3 is 2.27 bits per heavy atom. The molecule has 0 bridgehead atoms. The van der Waals surface area contributed by atoms with Gasteiger partial charge in [-0.1, -0.05) is 36.8 Å². The molecule has 0 aromatic heterocycles. The van der Waals surface area contributed by atoms with Crippen molar-refractivity contribution >= 4 is 12.1 Å². The van der Waals surface area contributed by atoms with Crippen LogP contribution in [0.5, 0.6) is 0 Å². The molecule has 5 nitrogen and oxygen atoms in total. The van der Waals surface area contributed by atoms with E-state index < -0.39 is 17.0 Å². The van der Waals surface area contributed by atoms with Crippen LogP contribution in [0.1, 0.15) is 58.4 Å². The molecule has 0 aliphatic carbocycles. The molecule has 1 N–H and O–H groups in total. The van der Waals surface area contributed by atoms with Crippen LogP contribution in [-0.2, 0) is 16.0 Å². The summed E-state index contributed by atoms with van der Waals surface area (Å²) in [5.74, 6) is -0.735. The van der Waals surface area contributed by atoms with Gasteiger partial charge in [-0.3, -0.25) is 4.79 Å². The van der Waals surface area contributed by atoms with E-state index >= 15 is 0 Å². The average Bonchev–Trinajstić information content (AvgIpc) is 2.58. The molecule has 0 unspecified atom stereocenters. The van der Waals surface area contributed by atoms with E-state index in [1.54, 1.807) is 4.90 Å². The quantitative estimate of drug-likeness (QED) is 0.758. The maximum Gasteiger partial charge on any atom is 0.410 e. The molecule has 0 saturated carbocycles. The lowest BCUT2D eigenvalue weighted by Crippen LogP contribution is -2.47. The Labute approximate surface area is 156 Å². The molecule has 0 atom stereocenters. The second-order valence-corrected chi connectivity index (χ2v) is 8.25. The van der Waals surface area contributed by atoms with Crippen LogP contribution < -0.4 is 0 Å². The van der Waals surface area contributed by atoms with E-state index in [1.807, 2.05) is 39.0 Å². The van der Waals surface area contributed by atoms with Gasteiger partial charge in [0.15, 0.2) is 0 Å². The van der Waals surface area contributed by atoms with E-state index in [2.05, 4.69) is 12.1 Å². The van der Waals surface area contributed by atoms with E-state index in [1.165, 1.54) is 5.56 Å². The second-order valence-electron chi connectivity index (χ2n) is 8.25. The molecule has 0 spiro atoms. The first-order valence-electron chi connectivity index (χ1n) is 9.47. The van der Waals surface area contributed by atoms with Gasteiger partial charge in [-0.05, 0) is 58.4 Å². The lowest BCUT2D eigenvalue weighted by atomic mass is 9.74. The predicted molar refractivity (Wildman–Crippen MR) is 101 cm³/mol. The van der Waals surface area contributed by atoms with Gasteiger partial charge in [0.25, 0.3) is 0 Å². The maximum atomic E-state index is 12.2. The van der Waals surface area contributed by atoms with Gasteiger partial charge < -0.3 is 14.7 Å². The van der Waals surface area contributed by atoms with Gasteiger partial charge >= 0.3 is 12.1 Å². The molecule has 1 heterocycles. The summed E-state index contributed by atoms with van der Waals surface area (Å²) in [7, 11) is 0. The Balaban J connectivity index is 1.83. The molecule has 1 saturated heterocycles. The van der Waals surface area contributed by atoms with Gasteiger partial charge in [-0.15, -0.1) is 0 Å². The number of carboxylic acid groups (broad SMARTS) is 1. The molecule has 1 aliphatic rings. The topological polar surface area (TPSA) is 66.8 Å². The summed E-state index contributed by atoms with van der Waals surface area (Å²) >= 11 is 0. The first-order valence-corrected chi connectivity index (χ1v) is 9.47. The van der Waals surface area contributed by atoms with Crippen LogP contribution in [0, 0.1) is 5.41 Å². The number of carboxylic acids is 1. The molecule has 2 rings (SSSR count). The third-order valence-corrected chi connectivity index (χ3v) is 5.04. The van der Waals surface area contributed by atoms with Crippen molar-refractivity contribution in [3.8, 4) is 0 Å². The first kappa shape index (κ1) is 20.3. The average molecular weight is 361 g/mol. The number of benzene rings is 1. The minimum atomic E-state index is -0.735. The number of aryl methyl sites for hydroxylation is 1. The third-order valence-electron chi connectivity index (χ3n) is 5.04. The van der Waals surface area contributed by atoms with Crippen LogP contribution in [0.2, 0.25) is 0 Å². The summed E-state index contributed by atoms with van der Waals surface area (Å²) in [6, 6.07) is 10.3. The number of nitrogens with zero attached hydrogens (tertiary/aromatic N) is 1. The van der Waals surface area contributed by atoms with Crippen LogP contribution >= 0.6 is 0 Å². The zero-order valence-corrected chi connectivity index (χ0v) is 16.2. The number of hydrogen-bond acceptors (Lipinski definition) is 3. The number of piperidine rings is 1. The molecule has 1 fully saturated rings. The van der Waals surface area contributed by atoms with Crippen molar-refractivity contribution in [2.45, 2.75) is 64.9 Å². The fourth-order valence-corrected chi connectivity index (χ4v) is 3.45. The van der Waals surface area contributed by atoms with Crippen LogP contribution in [-0.4, -0.2) is 40.8 Å². The van der Waals surface area contributed by atoms with E-state index in [-0.39, 0.29) is 6.09 Å². The predicted octanol–water partition coefficient (Wildman–Crippen LogP) is 4.50. The van der Waals surface area contributed by atoms with Gasteiger partial charge in [-0.25, -0.2) is 4.79 Å². The molecular weight excluding hydrogens is 330 g/mol. The zero-order valence-electron chi connectivity index (χ0n) is 16.2.